The van der Waals surface area contributed by atoms with Gasteiger partial charge >= 0.3 is 0 Å². The van der Waals surface area contributed by atoms with Crippen molar-refractivity contribution < 1.29 is 19.6 Å². The summed E-state index contributed by atoms with van der Waals surface area (Å²) in [6.07, 6.45) is 9.16. The predicted octanol–water partition coefficient (Wildman–Crippen LogP) is 6.66. The van der Waals surface area contributed by atoms with E-state index in [1.54, 1.807) is 14.2 Å². The molecule has 0 aliphatic carbocycles. The molecule has 0 bridgehead atoms. The molecule has 1 N–H and O–H groups in total. The summed E-state index contributed by atoms with van der Waals surface area (Å²) in [5.74, 6) is 1.71. The fourth-order valence-corrected chi connectivity index (χ4v) is 2.57. The van der Waals surface area contributed by atoms with Crippen LogP contribution in [-0.2, 0) is 11.3 Å². The standard InChI is InChI=1S/C21H24O2.C4H10O2/c1-16(2)10-13-19-20(22-3)14-18(15-21(19)23-4)12-11-17-8-6-5-7-9-17;1-2-3-4-6-5/h5-12,14-15H,13H2,1-4H3;5H,2-4H2,1H3/b12-11+;. The van der Waals surface area contributed by atoms with Crippen LogP contribution in [-0.4, -0.2) is 26.1 Å². The molecule has 2 rings (SSSR count). The van der Waals surface area contributed by atoms with E-state index in [4.69, 9.17) is 14.7 Å². The van der Waals surface area contributed by atoms with Crippen molar-refractivity contribution in [1.29, 1.82) is 0 Å². The first kappa shape index (κ1) is 24.5. The number of hydrogen-bond acceptors (Lipinski definition) is 4. The third-order valence-corrected chi connectivity index (χ3v) is 4.20. The van der Waals surface area contributed by atoms with Gasteiger partial charge < -0.3 is 9.47 Å². The van der Waals surface area contributed by atoms with E-state index < -0.39 is 0 Å². The van der Waals surface area contributed by atoms with Crippen LogP contribution in [0.5, 0.6) is 11.5 Å². The highest BCUT2D eigenvalue weighted by molar-refractivity contribution is 5.71. The van der Waals surface area contributed by atoms with Crippen molar-refractivity contribution >= 4 is 12.2 Å². The van der Waals surface area contributed by atoms with Crippen LogP contribution in [0.25, 0.3) is 12.2 Å². The predicted molar refractivity (Wildman–Crippen MR) is 122 cm³/mol. The Labute approximate surface area is 175 Å². The number of allylic oxidation sites excluding steroid dienone is 2. The maximum atomic E-state index is 7.70. The lowest BCUT2D eigenvalue weighted by molar-refractivity contribution is -0.242. The molecule has 0 unspecified atom stereocenters. The van der Waals surface area contributed by atoms with Gasteiger partial charge in [0.1, 0.15) is 11.5 Å². The number of hydrogen-bond donors (Lipinski definition) is 1. The van der Waals surface area contributed by atoms with Gasteiger partial charge in [-0.1, -0.05) is 67.5 Å². The molecular formula is C25H34O4. The quantitative estimate of drug-likeness (QED) is 0.169. The van der Waals surface area contributed by atoms with Crippen LogP contribution in [0.1, 0.15) is 50.3 Å². The fourth-order valence-electron chi connectivity index (χ4n) is 2.57. The summed E-state index contributed by atoms with van der Waals surface area (Å²) in [7, 11) is 3.40. The Bertz CT molecular complexity index is 731. The van der Waals surface area contributed by atoms with Gasteiger partial charge in [0.15, 0.2) is 0 Å². The van der Waals surface area contributed by atoms with Crippen LogP contribution >= 0.6 is 0 Å². The van der Waals surface area contributed by atoms with Gasteiger partial charge in [-0.2, -0.15) is 0 Å². The third-order valence-electron chi connectivity index (χ3n) is 4.20. The van der Waals surface area contributed by atoms with E-state index in [1.807, 2.05) is 25.1 Å². The van der Waals surface area contributed by atoms with E-state index >= 15 is 0 Å². The first-order valence-electron chi connectivity index (χ1n) is 9.93. The second kappa shape index (κ2) is 14.4. The summed E-state index contributed by atoms with van der Waals surface area (Å²) in [6.45, 7) is 6.70. The molecule has 0 atom stereocenters. The number of unbranched alkanes of at least 4 members (excludes halogenated alkanes) is 1. The largest absolute Gasteiger partial charge is 0.496 e. The summed E-state index contributed by atoms with van der Waals surface area (Å²) in [4.78, 5) is 3.78. The Hall–Kier alpha value is -2.56. The monoisotopic (exact) mass is 398 g/mol. The molecule has 0 aromatic heterocycles. The normalized spacial score (nSPS) is 10.3. The molecule has 29 heavy (non-hydrogen) atoms. The van der Waals surface area contributed by atoms with E-state index in [1.165, 1.54) is 11.1 Å². The Morgan fingerprint density at radius 2 is 1.52 bits per heavy atom. The average Bonchev–Trinajstić information content (AvgIpc) is 2.75. The second-order valence-corrected chi connectivity index (χ2v) is 6.82. The molecule has 0 aliphatic rings. The summed E-state index contributed by atoms with van der Waals surface area (Å²) in [6, 6.07) is 14.3. The molecule has 0 saturated heterocycles. The van der Waals surface area contributed by atoms with Crippen molar-refractivity contribution in [2.45, 2.75) is 40.0 Å². The third kappa shape index (κ3) is 9.46. The molecule has 2 aromatic rings. The van der Waals surface area contributed by atoms with Crippen molar-refractivity contribution in [3.05, 3.63) is 70.8 Å². The fraction of sp³-hybridized carbons (Fsp3) is 0.360. The molecule has 0 amide bonds. The molecule has 0 fully saturated rings. The smallest absolute Gasteiger partial charge is 0.126 e. The number of ether oxygens (including phenoxy) is 2. The van der Waals surface area contributed by atoms with Gasteiger partial charge in [0.2, 0.25) is 0 Å². The van der Waals surface area contributed by atoms with Gasteiger partial charge in [0, 0.05) is 5.56 Å². The topological polar surface area (TPSA) is 47.9 Å². The van der Waals surface area contributed by atoms with Crippen LogP contribution in [0.15, 0.2) is 54.1 Å². The van der Waals surface area contributed by atoms with E-state index in [2.05, 4.69) is 61.2 Å². The van der Waals surface area contributed by atoms with Crippen molar-refractivity contribution in [2.75, 3.05) is 20.8 Å². The van der Waals surface area contributed by atoms with Crippen molar-refractivity contribution in [3.63, 3.8) is 0 Å². The highest BCUT2D eigenvalue weighted by atomic mass is 17.1. The Kier molecular flexibility index (Phi) is 12.2. The first-order valence-corrected chi connectivity index (χ1v) is 9.93. The van der Waals surface area contributed by atoms with Crippen molar-refractivity contribution in [3.8, 4) is 11.5 Å². The van der Waals surface area contributed by atoms with Crippen molar-refractivity contribution in [1.82, 2.24) is 0 Å². The zero-order valence-electron chi connectivity index (χ0n) is 18.3. The zero-order valence-corrected chi connectivity index (χ0v) is 18.3. The molecular weight excluding hydrogens is 364 g/mol. The average molecular weight is 399 g/mol. The van der Waals surface area contributed by atoms with E-state index in [9.17, 15) is 0 Å². The maximum absolute atomic E-state index is 7.70. The lowest BCUT2D eigenvalue weighted by Crippen LogP contribution is -1.97. The molecule has 158 valence electrons. The van der Waals surface area contributed by atoms with E-state index in [0.29, 0.717) is 6.61 Å². The Morgan fingerprint density at radius 1 is 0.931 bits per heavy atom. The SMILES string of the molecule is CCCCOO.COc1cc(/C=C/c2ccccc2)cc(OC)c1CC=C(C)C. The minimum atomic E-state index is 0.469. The molecule has 4 heteroatoms. The van der Waals surface area contributed by atoms with Crippen molar-refractivity contribution in [2.24, 2.45) is 0 Å². The summed E-state index contributed by atoms with van der Waals surface area (Å²) in [5.41, 5.74) is 4.58. The first-order chi connectivity index (χ1) is 14.0. The van der Waals surface area contributed by atoms with Crippen LogP contribution < -0.4 is 9.47 Å². The summed E-state index contributed by atoms with van der Waals surface area (Å²) >= 11 is 0. The molecule has 0 radical (unpaired) electrons. The molecule has 0 aliphatic heterocycles. The van der Waals surface area contributed by atoms with Gasteiger partial charge in [-0.05, 0) is 49.9 Å². The number of methoxy groups -OCH3 is 2. The van der Waals surface area contributed by atoms with E-state index in [-0.39, 0.29) is 0 Å². The molecule has 0 spiro atoms. The number of benzene rings is 2. The molecule has 0 heterocycles. The van der Waals surface area contributed by atoms with Crippen LogP contribution in [0.3, 0.4) is 0 Å². The van der Waals surface area contributed by atoms with Gasteiger partial charge in [-0.3, -0.25) is 5.26 Å². The summed E-state index contributed by atoms with van der Waals surface area (Å²) in [5, 5.41) is 7.70. The van der Waals surface area contributed by atoms with Crippen LogP contribution in [0, 0.1) is 0 Å². The lowest BCUT2D eigenvalue weighted by atomic mass is 10.0. The molecule has 4 nitrogen and oxygen atoms in total. The lowest BCUT2D eigenvalue weighted by Gasteiger charge is -2.13. The maximum Gasteiger partial charge on any atom is 0.126 e. The van der Waals surface area contributed by atoms with Crippen LogP contribution in [0.4, 0.5) is 0 Å². The molecule has 0 saturated carbocycles. The number of rotatable bonds is 9. The highest BCUT2D eigenvalue weighted by Crippen LogP contribution is 2.32. The van der Waals surface area contributed by atoms with Gasteiger partial charge in [0.25, 0.3) is 0 Å². The van der Waals surface area contributed by atoms with Gasteiger partial charge in [0.05, 0.1) is 20.8 Å². The Balaban J connectivity index is 0.000000612. The minimum absolute atomic E-state index is 0.469. The second-order valence-electron chi connectivity index (χ2n) is 6.82. The molecule has 2 aromatic carbocycles. The highest BCUT2D eigenvalue weighted by Gasteiger charge is 2.10. The van der Waals surface area contributed by atoms with Gasteiger partial charge in [-0.25, -0.2) is 4.89 Å². The van der Waals surface area contributed by atoms with E-state index in [0.717, 1.165) is 41.9 Å². The minimum Gasteiger partial charge on any atom is -0.496 e. The van der Waals surface area contributed by atoms with Gasteiger partial charge in [-0.15, -0.1) is 0 Å². The van der Waals surface area contributed by atoms with Crippen LogP contribution in [0.2, 0.25) is 0 Å². The zero-order chi connectivity index (χ0) is 21.5. The Morgan fingerprint density at radius 3 is 1.97 bits per heavy atom. The summed E-state index contributed by atoms with van der Waals surface area (Å²) < 4.78 is 11.1.